The van der Waals surface area contributed by atoms with E-state index in [0.717, 1.165) is 24.0 Å². The molecule has 3 aromatic carbocycles. The molecule has 0 aliphatic carbocycles. The lowest BCUT2D eigenvalue weighted by Gasteiger charge is -2.31. The number of carbonyl (C=O) groups excluding carboxylic acids is 4. The van der Waals surface area contributed by atoms with Crippen LogP contribution in [0.15, 0.2) is 82.6 Å². The molecule has 0 saturated carbocycles. The highest BCUT2D eigenvalue weighted by Gasteiger charge is 2.45. The van der Waals surface area contributed by atoms with Gasteiger partial charge in [-0.1, -0.05) is 93.8 Å². The molecule has 382 valence electrons. The monoisotopic (exact) mass is 981 g/mol. The number of rotatable bonds is 19. The van der Waals surface area contributed by atoms with Crippen LogP contribution >= 0.6 is 7.60 Å². The lowest BCUT2D eigenvalue weighted by molar-refractivity contribution is -0.287. The zero-order valence-corrected chi connectivity index (χ0v) is 41.4. The van der Waals surface area contributed by atoms with Gasteiger partial charge in [0.1, 0.15) is 45.5 Å². The van der Waals surface area contributed by atoms with E-state index in [1.54, 1.807) is 65.8 Å². The number of esters is 2. The molecule has 15 heteroatoms. The van der Waals surface area contributed by atoms with Crippen molar-refractivity contribution in [2.45, 2.75) is 185 Å². The molecular weight excluding hydrogens is 896 g/mol. The van der Waals surface area contributed by atoms with E-state index in [-0.39, 0.29) is 45.9 Å². The largest absolute Gasteiger partial charge is 0.459 e. The maximum absolute atomic E-state index is 13.1. The van der Waals surface area contributed by atoms with Crippen molar-refractivity contribution in [3.05, 3.63) is 89.5 Å². The highest BCUT2D eigenvalue weighted by atomic mass is 32.2. The van der Waals surface area contributed by atoms with E-state index in [2.05, 4.69) is 32.6 Å². The van der Waals surface area contributed by atoms with Crippen LogP contribution in [-0.4, -0.2) is 61.7 Å². The summed E-state index contributed by atoms with van der Waals surface area (Å²) in [7, 11) is -7.30. The molecule has 13 nitrogen and oxygen atoms in total. The molecule has 0 bridgehead atoms. The Morgan fingerprint density at radius 3 is 1.28 bits per heavy atom. The summed E-state index contributed by atoms with van der Waals surface area (Å²) in [4.78, 5) is 54.6. The van der Waals surface area contributed by atoms with Crippen molar-refractivity contribution in [2.75, 3.05) is 13.3 Å². The third-order valence-corrected chi connectivity index (χ3v) is 13.8. The molecule has 3 rings (SSSR count). The van der Waals surface area contributed by atoms with Crippen LogP contribution in [-0.2, 0) is 52.5 Å². The minimum Gasteiger partial charge on any atom is -0.459 e. The number of benzene rings is 3. The molecule has 6 atom stereocenters. The molecule has 0 aromatic heterocycles. The summed E-state index contributed by atoms with van der Waals surface area (Å²) >= 11 is 0. The predicted octanol–water partition coefficient (Wildman–Crippen LogP) is 13.8. The van der Waals surface area contributed by atoms with Gasteiger partial charge in [0.25, 0.3) is 0 Å². The number of ether oxygens (including phenoxy) is 2. The number of ketones is 2. The normalized spacial score (nSPS) is 15.3. The van der Waals surface area contributed by atoms with Crippen molar-refractivity contribution in [3.8, 4) is 5.75 Å². The first-order valence-electron chi connectivity index (χ1n) is 21.1. The minimum atomic E-state index is -3.75. The van der Waals surface area contributed by atoms with Crippen LogP contribution < -0.4 is 4.52 Å². The second-order valence-electron chi connectivity index (χ2n) is 18.5. The Morgan fingerprint density at radius 2 is 0.955 bits per heavy atom. The van der Waals surface area contributed by atoms with Crippen LogP contribution in [0.25, 0.3) is 0 Å². The molecule has 67 heavy (non-hydrogen) atoms. The molecular formula is C52H85O13PS. The fourth-order valence-corrected chi connectivity index (χ4v) is 8.12. The average Bonchev–Trinajstić information content (AvgIpc) is 3.20. The molecule has 0 fully saturated rings. The van der Waals surface area contributed by atoms with Gasteiger partial charge < -0.3 is 14.0 Å². The summed E-state index contributed by atoms with van der Waals surface area (Å²) in [6.07, 6.45) is 0.738. The number of sulfone groups is 1. The molecule has 0 amide bonds. The summed E-state index contributed by atoms with van der Waals surface area (Å²) in [6.45, 7) is 25.0. The van der Waals surface area contributed by atoms with Gasteiger partial charge in [0.2, 0.25) is 9.84 Å². The molecule has 0 heterocycles. The number of hydrogen-bond donors (Lipinski definition) is 1. The Bertz CT molecular complexity index is 2170. The fourth-order valence-electron chi connectivity index (χ4n) is 5.81. The van der Waals surface area contributed by atoms with Gasteiger partial charge in [0.05, 0.1) is 16.4 Å². The van der Waals surface area contributed by atoms with Crippen molar-refractivity contribution in [1.29, 1.82) is 0 Å². The standard InChI is InChI=1S/C27H36O7S.C21H33O6P.4CH4/c1-8-18(2)20-9-13-22(14-10-20)35(31,32)23-15-11-21(12-16-23)24(34-30)17-27(7,19(3)28)25(29)33-26(4,5)6;1-9-15(2)17-10-12-18(13-11-17)27-28(8,24)25-14-21(7,16(3)22)19(23)26-20(4,5)6;;;;/h9-16,18,24,30H,8,17H2,1-7H3;10-13,15H,9,14H2,1-8H3;4*1H4. The highest BCUT2D eigenvalue weighted by molar-refractivity contribution is 7.91. The summed E-state index contributed by atoms with van der Waals surface area (Å²) in [6, 6.07) is 20.0. The first-order chi connectivity index (χ1) is 28.9. The first-order valence-corrected chi connectivity index (χ1v) is 24.6. The number of carbonyl (C=O) groups is 4. The molecule has 0 spiro atoms. The Kier molecular flexibility index (Phi) is 27.1. The number of hydrogen-bond acceptors (Lipinski definition) is 13. The van der Waals surface area contributed by atoms with Crippen molar-refractivity contribution >= 4 is 40.9 Å². The SMILES string of the molecule is C.C.C.C.CCC(C)c1ccc(OP(C)(=O)OCC(C)(C(C)=O)C(=O)OC(C)(C)C)cc1.CCC(C)c1ccc(S(=O)(=O)c2ccc(C(CC(C)(C(C)=O)C(=O)OC(C)(C)C)OO)cc2)cc1. The maximum atomic E-state index is 13.1. The molecule has 0 aliphatic heterocycles. The Labute approximate surface area is 404 Å². The Balaban J connectivity index is -0.00000118. The third kappa shape index (κ3) is 19.4. The van der Waals surface area contributed by atoms with Crippen molar-refractivity contribution in [3.63, 3.8) is 0 Å². The van der Waals surface area contributed by atoms with Gasteiger partial charge in [-0.3, -0.25) is 29.0 Å². The van der Waals surface area contributed by atoms with Crippen molar-refractivity contribution in [1.82, 2.24) is 0 Å². The van der Waals surface area contributed by atoms with Crippen LogP contribution in [0.5, 0.6) is 5.75 Å². The smallest absolute Gasteiger partial charge is 0.376 e. The second kappa shape index (κ2) is 27.1. The van der Waals surface area contributed by atoms with Gasteiger partial charge in [-0.15, -0.1) is 0 Å². The molecule has 0 aliphatic rings. The van der Waals surface area contributed by atoms with Gasteiger partial charge in [-0.05, 0) is 147 Å². The minimum absolute atomic E-state index is 0. The lowest BCUT2D eigenvalue weighted by Crippen LogP contribution is -2.43. The molecule has 3 aromatic rings. The van der Waals surface area contributed by atoms with Crippen LogP contribution in [0, 0.1) is 10.8 Å². The quantitative estimate of drug-likeness (QED) is 0.0393. The van der Waals surface area contributed by atoms with Crippen LogP contribution in [0.4, 0.5) is 0 Å². The third-order valence-electron chi connectivity index (χ3n) is 10.8. The van der Waals surface area contributed by atoms with E-state index < -0.39 is 75.7 Å². The molecule has 0 saturated heterocycles. The second-order valence-corrected chi connectivity index (χ2v) is 22.5. The van der Waals surface area contributed by atoms with E-state index in [1.165, 1.54) is 58.6 Å². The van der Waals surface area contributed by atoms with Crippen molar-refractivity contribution < 1.29 is 60.8 Å². The van der Waals surface area contributed by atoms with Gasteiger partial charge in [-0.2, -0.15) is 0 Å². The summed E-state index contributed by atoms with van der Waals surface area (Å²) in [5.74, 6) is -1.15. The topological polar surface area (TPSA) is 186 Å². The average molecular weight is 981 g/mol. The Morgan fingerprint density at radius 1 is 0.612 bits per heavy atom. The van der Waals surface area contributed by atoms with E-state index >= 15 is 0 Å². The Hall–Kier alpha value is -4.20. The first kappa shape index (κ1) is 67.1. The highest BCUT2D eigenvalue weighted by Crippen LogP contribution is 2.46. The summed E-state index contributed by atoms with van der Waals surface area (Å²) < 4.78 is 60.5. The van der Waals surface area contributed by atoms with E-state index in [1.807, 2.05) is 24.3 Å². The van der Waals surface area contributed by atoms with E-state index in [0.29, 0.717) is 23.1 Å². The zero-order valence-electron chi connectivity index (χ0n) is 39.7. The fraction of sp³-hybridized carbons (Fsp3) is 0.577. The van der Waals surface area contributed by atoms with Gasteiger partial charge >= 0.3 is 19.5 Å². The van der Waals surface area contributed by atoms with Crippen LogP contribution in [0.1, 0.15) is 181 Å². The zero-order chi connectivity index (χ0) is 48.4. The van der Waals surface area contributed by atoms with E-state index in [4.69, 9.17) is 18.5 Å². The molecule has 6 unspecified atom stereocenters. The molecule has 1 N–H and O–H groups in total. The van der Waals surface area contributed by atoms with Crippen LogP contribution in [0.2, 0.25) is 0 Å². The maximum Gasteiger partial charge on any atom is 0.376 e. The predicted molar refractivity (Wildman–Crippen MR) is 270 cm³/mol. The van der Waals surface area contributed by atoms with Gasteiger partial charge in [0.15, 0.2) is 0 Å². The summed E-state index contributed by atoms with van der Waals surface area (Å²) in [5, 5.41) is 9.56. The van der Waals surface area contributed by atoms with Gasteiger partial charge in [-0.25, -0.2) is 17.9 Å². The summed E-state index contributed by atoms with van der Waals surface area (Å²) in [5.41, 5.74) is -2.04. The molecule has 0 radical (unpaired) electrons. The number of Topliss-reactive ketones (excluding diaryl/α,β-unsaturated/α-hetero) is 2. The van der Waals surface area contributed by atoms with Crippen molar-refractivity contribution in [2.24, 2.45) is 10.8 Å². The van der Waals surface area contributed by atoms with E-state index in [9.17, 15) is 37.4 Å². The van der Waals surface area contributed by atoms with Gasteiger partial charge in [0, 0.05) is 13.1 Å². The lowest BCUT2D eigenvalue weighted by atomic mass is 9.79. The van der Waals surface area contributed by atoms with Crippen LogP contribution in [0.3, 0.4) is 0 Å².